The van der Waals surface area contributed by atoms with Gasteiger partial charge in [-0.1, -0.05) is 18.2 Å². The lowest BCUT2D eigenvalue weighted by molar-refractivity contribution is 0.238. The molecule has 0 aliphatic rings. The maximum atomic E-state index is 8.85. The largest absolute Gasteiger partial charge is 0.491 e. The Bertz CT molecular complexity index is 628. The summed E-state index contributed by atoms with van der Waals surface area (Å²) in [5.74, 6) is 0.927. The Balaban J connectivity index is 2.03. The van der Waals surface area contributed by atoms with E-state index in [0.29, 0.717) is 0 Å². The lowest BCUT2D eigenvalue weighted by Crippen LogP contribution is -2.19. The highest BCUT2D eigenvalue weighted by Gasteiger charge is 2.12. The van der Waals surface area contributed by atoms with Crippen LogP contribution in [-0.2, 0) is 6.54 Å². The number of rotatable bonds is 6. The first-order valence-electron chi connectivity index (χ1n) is 7.08. The molecule has 3 nitrogen and oxygen atoms in total. The van der Waals surface area contributed by atoms with Crippen molar-refractivity contribution in [3.63, 3.8) is 0 Å². The fraction of sp³-hybridized carbons (Fsp3) is 0.353. The maximum absolute atomic E-state index is 8.85. The molecule has 1 heterocycles. The zero-order chi connectivity index (χ0) is 15.2. The Kier molecular flexibility index (Phi) is 5.38. The molecule has 1 atom stereocenters. The molecule has 0 radical (unpaired) electrons. The first kappa shape index (κ1) is 15.6. The van der Waals surface area contributed by atoms with Gasteiger partial charge in [-0.3, -0.25) is 0 Å². The van der Waals surface area contributed by atoms with E-state index in [4.69, 9.17) is 10.00 Å². The van der Waals surface area contributed by atoms with E-state index in [1.165, 1.54) is 16.2 Å². The molecular weight excluding hydrogens is 280 g/mol. The van der Waals surface area contributed by atoms with E-state index in [1.54, 1.807) is 0 Å². The van der Waals surface area contributed by atoms with Gasteiger partial charge in [0.25, 0.3) is 0 Å². The summed E-state index contributed by atoms with van der Waals surface area (Å²) in [6.45, 7) is 6.94. The summed E-state index contributed by atoms with van der Waals surface area (Å²) in [4.78, 5) is 1.92. The number of nitrogens with zero attached hydrogens (tertiary/aromatic N) is 1. The molecule has 2 aromatic rings. The Hall–Kier alpha value is -1.83. The van der Waals surface area contributed by atoms with E-state index in [1.807, 2.05) is 44.2 Å². The van der Waals surface area contributed by atoms with Crippen molar-refractivity contribution in [3.8, 4) is 11.8 Å². The van der Waals surface area contributed by atoms with Crippen LogP contribution in [0.5, 0.6) is 5.75 Å². The quantitative estimate of drug-likeness (QED) is 0.867. The van der Waals surface area contributed by atoms with Crippen molar-refractivity contribution in [2.45, 2.75) is 39.5 Å². The van der Waals surface area contributed by atoms with Gasteiger partial charge in [0.15, 0.2) is 0 Å². The molecule has 1 unspecified atom stereocenters. The molecule has 0 fully saturated rings. The van der Waals surface area contributed by atoms with E-state index in [9.17, 15) is 0 Å². The van der Waals surface area contributed by atoms with Crippen LogP contribution in [-0.4, -0.2) is 6.10 Å². The van der Waals surface area contributed by atoms with Crippen LogP contribution in [0.25, 0.3) is 0 Å². The van der Waals surface area contributed by atoms with Crippen molar-refractivity contribution >= 4 is 11.3 Å². The predicted octanol–water partition coefficient (Wildman–Crippen LogP) is 4.26. The van der Waals surface area contributed by atoms with Crippen molar-refractivity contribution in [3.05, 3.63) is 51.7 Å². The van der Waals surface area contributed by atoms with Gasteiger partial charge in [-0.25, -0.2) is 0 Å². The van der Waals surface area contributed by atoms with Crippen LogP contribution in [0.3, 0.4) is 0 Å². The first-order valence-corrected chi connectivity index (χ1v) is 7.89. The maximum Gasteiger partial charge on any atom is 0.124 e. The number of hydrogen-bond acceptors (Lipinski definition) is 4. The van der Waals surface area contributed by atoms with E-state index < -0.39 is 0 Å². The highest BCUT2D eigenvalue weighted by molar-refractivity contribution is 7.12. The summed E-state index contributed by atoms with van der Waals surface area (Å²) in [5.41, 5.74) is 1.16. The van der Waals surface area contributed by atoms with Crippen molar-refractivity contribution in [2.24, 2.45) is 0 Å². The average molecular weight is 300 g/mol. The summed E-state index contributed by atoms with van der Waals surface area (Å²) >= 11 is 1.53. The van der Waals surface area contributed by atoms with Crippen LogP contribution in [0.15, 0.2) is 36.4 Å². The summed E-state index contributed by atoms with van der Waals surface area (Å²) in [6.07, 6.45) is 0.161. The Morgan fingerprint density at radius 1 is 1.19 bits per heavy atom. The number of nitriles is 1. The van der Waals surface area contributed by atoms with Gasteiger partial charge < -0.3 is 10.1 Å². The summed E-state index contributed by atoms with van der Waals surface area (Å²) in [6, 6.07) is 14.3. The zero-order valence-corrected chi connectivity index (χ0v) is 13.4. The molecule has 21 heavy (non-hydrogen) atoms. The third-order valence-corrected chi connectivity index (χ3v) is 4.09. The molecule has 2 rings (SSSR count). The predicted molar refractivity (Wildman–Crippen MR) is 86.5 cm³/mol. The number of ether oxygens (including phenoxy) is 1. The summed E-state index contributed by atoms with van der Waals surface area (Å²) in [5, 5.41) is 12.3. The molecule has 0 aliphatic carbocycles. The fourth-order valence-electron chi connectivity index (χ4n) is 2.10. The van der Waals surface area contributed by atoms with Gasteiger partial charge in [0, 0.05) is 23.0 Å². The second kappa shape index (κ2) is 7.26. The minimum atomic E-state index is 0.161. The SMILES string of the molecule is CC(C)Oc1ccccc1C(C)NCc1ccc(C#N)s1. The van der Waals surface area contributed by atoms with Crippen LogP contribution in [0, 0.1) is 11.3 Å². The van der Waals surface area contributed by atoms with Gasteiger partial charge in [0.2, 0.25) is 0 Å². The molecule has 0 bridgehead atoms. The second-order valence-electron chi connectivity index (χ2n) is 5.18. The monoisotopic (exact) mass is 300 g/mol. The van der Waals surface area contributed by atoms with Gasteiger partial charge in [-0.05, 0) is 39.0 Å². The number of nitrogens with one attached hydrogen (secondary N) is 1. The second-order valence-corrected chi connectivity index (χ2v) is 6.35. The van der Waals surface area contributed by atoms with Crippen LogP contribution in [0.1, 0.15) is 42.1 Å². The van der Waals surface area contributed by atoms with E-state index in [-0.39, 0.29) is 12.1 Å². The molecule has 0 saturated heterocycles. The van der Waals surface area contributed by atoms with Crippen LogP contribution in [0.2, 0.25) is 0 Å². The third kappa shape index (κ3) is 4.32. The van der Waals surface area contributed by atoms with E-state index in [0.717, 1.165) is 22.7 Å². The molecule has 0 amide bonds. The number of hydrogen-bond donors (Lipinski definition) is 1. The molecule has 0 saturated carbocycles. The highest BCUT2D eigenvalue weighted by atomic mass is 32.1. The summed E-state index contributed by atoms with van der Waals surface area (Å²) in [7, 11) is 0. The number of thiophene rings is 1. The van der Waals surface area contributed by atoms with Gasteiger partial charge in [-0.15, -0.1) is 11.3 Å². The molecule has 0 aliphatic heterocycles. The standard InChI is InChI=1S/C17H20N2OS/c1-12(2)20-17-7-5-4-6-16(17)13(3)19-11-15-9-8-14(10-18)21-15/h4-9,12-13,19H,11H2,1-3H3. The topological polar surface area (TPSA) is 45.0 Å². The normalized spacial score (nSPS) is 12.1. The van der Waals surface area contributed by atoms with Gasteiger partial charge >= 0.3 is 0 Å². The first-order chi connectivity index (χ1) is 10.1. The van der Waals surface area contributed by atoms with Crippen molar-refractivity contribution in [1.82, 2.24) is 5.32 Å². The molecular formula is C17H20N2OS. The lowest BCUT2D eigenvalue weighted by atomic mass is 10.1. The van der Waals surface area contributed by atoms with Crippen molar-refractivity contribution < 1.29 is 4.74 Å². The molecule has 110 valence electrons. The Labute approximate surface area is 130 Å². The van der Waals surface area contributed by atoms with E-state index in [2.05, 4.69) is 24.4 Å². The Morgan fingerprint density at radius 2 is 1.95 bits per heavy atom. The smallest absolute Gasteiger partial charge is 0.124 e. The van der Waals surface area contributed by atoms with Crippen LogP contribution < -0.4 is 10.1 Å². The van der Waals surface area contributed by atoms with Crippen LogP contribution >= 0.6 is 11.3 Å². The van der Waals surface area contributed by atoms with Crippen molar-refractivity contribution in [2.75, 3.05) is 0 Å². The van der Waals surface area contributed by atoms with Gasteiger partial charge in [-0.2, -0.15) is 5.26 Å². The number of para-hydroxylation sites is 1. The minimum absolute atomic E-state index is 0.161. The van der Waals surface area contributed by atoms with E-state index >= 15 is 0 Å². The molecule has 1 aromatic carbocycles. The fourth-order valence-corrected chi connectivity index (χ4v) is 2.85. The lowest BCUT2D eigenvalue weighted by Gasteiger charge is -2.19. The zero-order valence-electron chi connectivity index (χ0n) is 12.6. The van der Waals surface area contributed by atoms with Gasteiger partial charge in [0.1, 0.15) is 16.7 Å². The third-order valence-electron chi connectivity index (χ3n) is 3.10. The average Bonchev–Trinajstić information content (AvgIpc) is 2.93. The van der Waals surface area contributed by atoms with Crippen molar-refractivity contribution in [1.29, 1.82) is 5.26 Å². The molecule has 1 aromatic heterocycles. The van der Waals surface area contributed by atoms with Crippen LogP contribution in [0.4, 0.5) is 0 Å². The van der Waals surface area contributed by atoms with Gasteiger partial charge in [0.05, 0.1) is 6.10 Å². The molecule has 4 heteroatoms. The summed E-state index contributed by atoms with van der Waals surface area (Å²) < 4.78 is 5.86. The highest BCUT2D eigenvalue weighted by Crippen LogP contribution is 2.26. The minimum Gasteiger partial charge on any atom is -0.491 e. The molecule has 0 spiro atoms. The molecule has 1 N–H and O–H groups in total. The number of benzene rings is 1. The Morgan fingerprint density at radius 3 is 2.62 bits per heavy atom.